The molecule has 1 aliphatic carbocycles. The third kappa shape index (κ3) is 6.34. The molecule has 1 atom stereocenters. The van der Waals surface area contributed by atoms with Crippen LogP contribution >= 0.6 is 0 Å². The zero-order chi connectivity index (χ0) is 20.4. The number of nitrogens with two attached hydrogens (primary N) is 1. The van der Waals surface area contributed by atoms with Crippen molar-refractivity contribution in [3.8, 4) is 0 Å². The Kier molecular flexibility index (Phi) is 9.49. The van der Waals surface area contributed by atoms with Gasteiger partial charge in [-0.1, -0.05) is 50.1 Å². The normalized spacial score (nSPS) is 16.6. The molecule has 2 N–H and O–H groups in total. The van der Waals surface area contributed by atoms with E-state index in [1.807, 2.05) is 6.20 Å². The van der Waals surface area contributed by atoms with Crippen LogP contribution in [0.25, 0.3) is 0 Å². The van der Waals surface area contributed by atoms with Crippen LogP contribution < -0.4 is 5.73 Å². The Hall–Kier alpha value is -1.87. The second-order valence-corrected chi connectivity index (χ2v) is 8.08. The molecule has 0 radical (unpaired) electrons. The van der Waals surface area contributed by atoms with Crippen molar-refractivity contribution >= 4 is 6.72 Å². The summed E-state index contributed by atoms with van der Waals surface area (Å²) in [7, 11) is 0. The Morgan fingerprint density at radius 3 is 2.68 bits per heavy atom. The third-order valence-electron chi connectivity index (χ3n) is 6.18. The first kappa shape index (κ1) is 22.4. The van der Waals surface area contributed by atoms with Gasteiger partial charge in [0.1, 0.15) is 0 Å². The molecule has 0 aliphatic heterocycles. The van der Waals surface area contributed by atoms with E-state index in [1.54, 1.807) is 0 Å². The fraction of sp³-hybridized carbons (Fsp3) is 0.560. The zero-order valence-corrected chi connectivity index (χ0v) is 18.2. The van der Waals surface area contributed by atoms with Gasteiger partial charge in [0.05, 0.1) is 0 Å². The Labute approximate surface area is 172 Å². The largest absolute Gasteiger partial charge is 0.348 e. The van der Waals surface area contributed by atoms with Crippen LogP contribution in [-0.2, 0) is 12.8 Å². The molecule has 1 aromatic rings. The SMILES string of the molecule is C=N/C=C(/C1CCC1)N(CCCc1cccc(CC(CC)CN)c1)/C(C)=C/C. The summed E-state index contributed by atoms with van der Waals surface area (Å²) in [6.07, 6.45) is 12.5. The maximum Gasteiger partial charge on any atom is 0.0458 e. The zero-order valence-electron chi connectivity index (χ0n) is 18.2. The first-order valence-electron chi connectivity index (χ1n) is 11.0. The van der Waals surface area contributed by atoms with Gasteiger partial charge in [0, 0.05) is 30.1 Å². The second kappa shape index (κ2) is 11.9. The van der Waals surface area contributed by atoms with E-state index in [0.717, 1.165) is 38.8 Å². The number of aliphatic imine (C=N–C) groups is 1. The predicted molar refractivity (Wildman–Crippen MR) is 122 cm³/mol. The van der Waals surface area contributed by atoms with Crippen molar-refractivity contribution in [2.75, 3.05) is 13.1 Å². The Morgan fingerprint density at radius 1 is 1.36 bits per heavy atom. The smallest absolute Gasteiger partial charge is 0.0458 e. The first-order chi connectivity index (χ1) is 13.6. The molecular weight excluding hydrogens is 342 g/mol. The highest BCUT2D eigenvalue weighted by Crippen LogP contribution is 2.36. The lowest BCUT2D eigenvalue weighted by molar-refractivity contribution is 0.275. The summed E-state index contributed by atoms with van der Waals surface area (Å²) in [6.45, 7) is 12.0. The highest BCUT2D eigenvalue weighted by Gasteiger charge is 2.26. The van der Waals surface area contributed by atoms with Gasteiger partial charge < -0.3 is 10.6 Å². The summed E-state index contributed by atoms with van der Waals surface area (Å²) >= 11 is 0. The summed E-state index contributed by atoms with van der Waals surface area (Å²) in [5, 5.41) is 0. The van der Waals surface area contributed by atoms with Gasteiger partial charge in [-0.15, -0.1) is 0 Å². The van der Waals surface area contributed by atoms with Crippen molar-refractivity contribution in [3.63, 3.8) is 0 Å². The van der Waals surface area contributed by atoms with Gasteiger partial charge in [0.2, 0.25) is 0 Å². The Morgan fingerprint density at radius 2 is 2.11 bits per heavy atom. The monoisotopic (exact) mass is 381 g/mol. The van der Waals surface area contributed by atoms with E-state index < -0.39 is 0 Å². The van der Waals surface area contributed by atoms with Gasteiger partial charge in [-0.3, -0.25) is 4.99 Å². The molecule has 1 fully saturated rings. The third-order valence-corrected chi connectivity index (χ3v) is 6.18. The maximum absolute atomic E-state index is 5.89. The van der Waals surface area contributed by atoms with Crippen molar-refractivity contribution < 1.29 is 0 Å². The van der Waals surface area contributed by atoms with Gasteiger partial charge in [0.15, 0.2) is 0 Å². The fourth-order valence-electron chi connectivity index (χ4n) is 3.94. The molecule has 0 saturated heterocycles. The quantitative estimate of drug-likeness (QED) is 0.471. The molecule has 0 heterocycles. The number of aryl methyl sites for hydroxylation is 1. The molecule has 1 aliphatic rings. The second-order valence-electron chi connectivity index (χ2n) is 8.08. The molecule has 3 nitrogen and oxygen atoms in total. The molecular formula is C25H39N3. The van der Waals surface area contributed by atoms with Crippen LogP contribution in [0.15, 0.2) is 52.9 Å². The van der Waals surface area contributed by atoms with Crippen LogP contribution in [0.2, 0.25) is 0 Å². The molecule has 0 amide bonds. The van der Waals surface area contributed by atoms with Crippen molar-refractivity contribution in [2.45, 2.75) is 65.7 Å². The summed E-state index contributed by atoms with van der Waals surface area (Å²) < 4.78 is 0. The molecule has 2 rings (SSSR count). The van der Waals surface area contributed by atoms with E-state index in [2.05, 4.69) is 67.7 Å². The van der Waals surface area contributed by atoms with Crippen molar-refractivity contribution in [1.29, 1.82) is 0 Å². The van der Waals surface area contributed by atoms with Crippen LogP contribution in [0.4, 0.5) is 0 Å². The lowest BCUT2D eigenvalue weighted by atomic mass is 9.82. The highest BCUT2D eigenvalue weighted by molar-refractivity contribution is 5.28. The van der Waals surface area contributed by atoms with E-state index in [1.165, 1.54) is 41.8 Å². The van der Waals surface area contributed by atoms with Gasteiger partial charge in [-0.25, -0.2) is 0 Å². The van der Waals surface area contributed by atoms with Crippen LogP contribution in [0, 0.1) is 11.8 Å². The molecule has 0 bridgehead atoms. The summed E-state index contributed by atoms with van der Waals surface area (Å²) in [6, 6.07) is 9.07. The van der Waals surface area contributed by atoms with Crippen molar-refractivity contribution in [1.82, 2.24) is 4.90 Å². The number of benzene rings is 1. The highest BCUT2D eigenvalue weighted by atomic mass is 15.2. The standard InChI is InChI=1S/C25H39N3/c1-5-20(3)28(25(19-27-4)24-13-8-14-24)15-9-12-22-10-7-11-23(17-22)16-21(6-2)18-26/h5,7,10-11,17,19,21,24H,4,6,8-9,12-16,18,26H2,1-3H3/b20-5+,25-19-. The molecule has 1 saturated carbocycles. The van der Waals surface area contributed by atoms with Crippen LogP contribution in [-0.4, -0.2) is 24.7 Å². The number of rotatable bonds is 12. The van der Waals surface area contributed by atoms with Crippen molar-refractivity contribution in [3.05, 3.63) is 59.1 Å². The summed E-state index contributed by atoms with van der Waals surface area (Å²) in [4.78, 5) is 6.57. The minimum absolute atomic E-state index is 0.588. The van der Waals surface area contributed by atoms with Crippen LogP contribution in [0.3, 0.4) is 0 Å². The van der Waals surface area contributed by atoms with Crippen LogP contribution in [0.5, 0.6) is 0 Å². The predicted octanol–water partition coefficient (Wildman–Crippen LogP) is 5.71. The molecule has 3 heteroatoms. The van der Waals surface area contributed by atoms with E-state index in [-0.39, 0.29) is 0 Å². The van der Waals surface area contributed by atoms with Gasteiger partial charge in [0.25, 0.3) is 0 Å². The average molecular weight is 382 g/mol. The van der Waals surface area contributed by atoms with E-state index >= 15 is 0 Å². The van der Waals surface area contributed by atoms with E-state index in [9.17, 15) is 0 Å². The summed E-state index contributed by atoms with van der Waals surface area (Å²) in [5.74, 6) is 1.23. The molecule has 1 aromatic carbocycles. The topological polar surface area (TPSA) is 41.6 Å². The van der Waals surface area contributed by atoms with Gasteiger partial charge in [-0.2, -0.15) is 0 Å². The number of hydrogen-bond donors (Lipinski definition) is 1. The number of nitrogens with zero attached hydrogens (tertiary/aromatic N) is 2. The lowest BCUT2D eigenvalue weighted by Crippen LogP contribution is -2.30. The molecule has 1 unspecified atom stereocenters. The number of allylic oxidation sites excluding steroid dienone is 3. The minimum atomic E-state index is 0.588. The van der Waals surface area contributed by atoms with E-state index in [0.29, 0.717) is 11.8 Å². The minimum Gasteiger partial charge on any atom is -0.348 e. The van der Waals surface area contributed by atoms with Gasteiger partial charge in [-0.05, 0) is 76.3 Å². The van der Waals surface area contributed by atoms with Gasteiger partial charge >= 0.3 is 0 Å². The van der Waals surface area contributed by atoms with Crippen LogP contribution in [0.1, 0.15) is 64.0 Å². The molecule has 0 spiro atoms. The maximum atomic E-state index is 5.89. The molecule has 28 heavy (non-hydrogen) atoms. The van der Waals surface area contributed by atoms with E-state index in [4.69, 9.17) is 5.73 Å². The lowest BCUT2D eigenvalue weighted by Gasteiger charge is -2.37. The fourth-order valence-corrected chi connectivity index (χ4v) is 3.94. The Bertz CT molecular complexity index is 666. The molecule has 154 valence electrons. The van der Waals surface area contributed by atoms with Crippen molar-refractivity contribution in [2.24, 2.45) is 22.6 Å². The molecule has 0 aromatic heterocycles. The first-order valence-corrected chi connectivity index (χ1v) is 11.0. The number of hydrogen-bond acceptors (Lipinski definition) is 3. The summed E-state index contributed by atoms with van der Waals surface area (Å²) in [5.41, 5.74) is 11.4. The average Bonchev–Trinajstić information content (AvgIpc) is 2.67. The Balaban J connectivity index is 2.00.